The van der Waals surface area contributed by atoms with Gasteiger partial charge in [-0.05, 0) is 37.1 Å². The molecule has 6 nitrogen and oxygen atoms in total. The summed E-state index contributed by atoms with van der Waals surface area (Å²) in [5.41, 5.74) is 1.14. The van der Waals surface area contributed by atoms with Crippen LogP contribution < -0.4 is 15.4 Å². The minimum Gasteiger partial charge on any atom is -0.491 e. The smallest absolute Gasteiger partial charge is 0.191 e. The van der Waals surface area contributed by atoms with Gasteiger partial charge in [-0.1, -0.05) is 18.2 Å². The summed E-state index contributed by atoms with van der Waals surface area (Å²) >= 11 is 0. The third kappa shape index (κ3) is 7.30. The third-order valence-corrected chi connectivity index (χ3v) is 3.55. The van der Waals surface area contributed by atoms with Crippen molar-refractivity contribution in [1.82, 2.24) is 10.6 Å². The molecule has 0 aliphatic heterocycles. The molecule has 2 rings (SSSR count). The van der Waals surface area contributed by atoms with E-state index in [1.807, 2.05) is 43.3 Å². The lowest BCUT2D eigenvalue weighted by atomic mass is 10.2. The first-order chi connectivity index (χ1) is 12.3. The van der Waals surface area contributed by atoms with Crippen LogP contribution in [0, 0.1) is 6.92 Å². The van der Waals surface area contributed by atoms with E-state index in [2.05, 4.69) is 15.6 Å². The summed E-state index contributed by atoms with van der Waals surface area (Å²) in [5.74, 6) is 2.53. The molecule has 0 amide bonds. The molecule has 136 valence electrons. The average molecular weight is 345 g/mol. The van der Waals surface area contributed by atoms with Crippen LogP contribution in [0.25, 0.3) is 0 Å². The maximum Gasteiger partial charge on any atom is 0.191 e. The molecule has 25 heavy (non-hydrogen) atoms. The monoisotopic (exact) mass is 345 g/mol. The zero-order valence-corrected chi connectivity index (χ0v) is 15.0. The van der Waals surface area contributed by atoms with Gasteiger partial charge in [0.1, 0.15) is 24.7 Å². The SMILES string of the molecule is CN=C(NCCCOCc1ccco1)NCCOc1ccccc1C. The number of rotatable bonds is 10. The van der Waals surface area contributed by atoms with Gasteiger partial charge >= 0.3 is 0 Å². The molecule has 2 aromatic rings. The van der Waals surface area contributed by atoms with Crippen LogP contribution in [0.15, 0.2) is 52.1 Å². The fourth-order valence-corrected chi connectivity index (χ4v) is 2.22. The summed E-state index contributed by atoms with van der Waals surface area (Å²) in [6.45, 7) is 5.27. The molecule has 0 aliphatic carbocycles. The number of nitrogens with zero attached hydrogens (tertiary/aromatic N) is 1. The van der Waals surface area contributed by atoms with Gasteiger partial charge < -0.3 is 24.5 Å². The molecule has 0 unspecified atom stereocenters. The zero-order chi connectivity index (χ0) is 17.7. The van der Waals surface area contributed by atoms with Gasteiger partial charge in [-0.2, -0.15) is 0 Å². The van der Waals surface area contributed by atoms with Crippen LogP contribution in [0.3, 0.4) is 0 Å². The Labute approximate surface area is 149 Å². The molecule has 0 bridgehead atoms. The van der Waals surface area contributed by atoms with E-state index in [-0.39, 0.29) is 0 Å². The number of hydrogen-bond acceptors (Lipinski definition) is 4. The van der Waals surface area contributed by atoms with Crippen LogP contribution >= 0.6 is 0 Å². The van der Waals surface area contributed by atoms with E-state index in [0.29, 0.717) is 26.4 Å². The quantitative estimate of drug-likeness (QED) is 0.394. The fraction of sp³-hybridized carbons (Fsp3) is 0.421. The number of para-hydroxylation sites is 1. The van der Waals surface area contributed by atoms with Crippen LogP contribution in [0.1, 0.15) is 17.7 Å². The van der Waals surface area contributed by atoms with E-state index in [0.717, 1.165) is 36.0 Å². The minimum atomic E-state index is 0.510. The molecular formula is C19H27N3O3. The molecule has 2 N–H and O–H groups in total. The molecule has 0 spiro atoms. The lowest BCUT2D eigenvalue weighted by Crippen LogP contribution is -2.39. The van der Waals surface area contributed by atoms with Gasteiger partial charge in [-0.25, -0.2) is 0 Å². The van der Waals surface area contributed by atoms with Crippen molar-refractivity contribution in [2.24, 2.45) is 4.99 Å². The normalized spacial score (nSPS) is 11.4. The van der Waals surface area contributed by atoms with E-state index in [1.165, 1.54) is 0 Å². The van der Waals surface area contributed by atoms with Gasteiger partial charge in [0.05, 0.1) is 12.8 Å². The molecular weight excluding hydrogens is 318 g/mol. The predicted octanol–water partition coefficient (Wildman–Crippen LogP) is 2.74. The van der Waals surface area contributed by atoms with Crippen LogP contribution in [-0.2, 0) is 11.3 Å². The van der Waals surface area contributed by atoms with Gasteiger partial charge in [0.15, 0.2) is 5.96 Å². The first-order valence-electron chi connectivity index (χ1n) is 8.52. The fourth-order valence-electron chi connectivity index (χ4n) is 2.22. The molecule has 0 saturated carbocycles. The third-order valence-electron chi connectivity index (χ3n) is 3.55. The highest BCUT2D eigenvalue weighted by Crippen LogP contribution is 2.15. The minimum absolute atomic E-state index is 0.510. The topological polar surface area (TPSA) is 68.0 Å². The number of furan rings is 1. The van der Waals surface area contributed by atoms with Crippen molar-refractivity contribution < 1.29 is 13.9 Å². The Morgan fingerprint density at radius 3 is 2.68 bits per heavy atom. The summed E-state index contributed by atoms with van der Waals surface area (Å²) in [5, 5.41) is 6.48. The van der Waals surface area contributed by atoms with Gasteiger partial charge in [0.2, 0.25) is 0 Å². The van der Waals surface area contributed by atoms with Crippen molar-refractivity contribution in [3.8, 4) is 5.75 Å². The van der Waals surface area contributed by atoms with Crippen LogP contribution in [-0.4, -0.2) is 39.3 Å². The lowest BCUT2D eigenvalue weighted by Gasteiger charge is -2.13. The van der Waals surface area contributed by atoms with Gasteiger partial charge in [-0.3, -0.25) is 4.99 Å². The van der Waals surface area contributed by atoms with E-state index in [4.69, 9.17) is 13.9 Å². The molecule has 0 radical (unpaired) electrons. The number of benzene rings is 1. The maximum atomic E-state index is 5.75. The Kier molecular flexibility index (Phi) is 8.41. The van der Waals surface area contributed by atoms with Crippen molar-refractivity contribution in [2.75, 3.05) is 33.4 Å². The van der Waals surface area contributed by atoms with E-state index >= 15 is 0 Å². The van der Waals surface area contributed by atoms with E-state index < -0.39 is 0 Å². The second kappa shape index (κ2) is 11.1. The Morgan fingerprint density at radius 2 is 1.92 bits per heavy atom. The molecule has 0 aliphatic rings. The molecule has 0 fully saturated rings. The molecule has 1 heterocycles. The number of nitrogens with one attached hydrogen (secondary N) is 2. The van der Waals surface area contributed by atoms with E-state index in [9.17, 15) is 0 Å². The first kappa shape index (κ1) is 18.9. The highest BCUT2D eigenvalue weighted by molar-refractivity contribution is 5.79. The van der Waals surface area contributed by atoms with Crippen molar-refractivity contribution in [2.45, 2.75) is 20.0 Å². The highest BCUT2D eigenvalue weighted by Gasteiger charge is 2.00. The molecule has 1 aromatic heterocycles. The van der Waals surface area contributed by atoms with Crippen LogP contribution in [0.2, 0.25) is 0 Å². The number of aryl methyl sites for hydroxylation is 1. The Morgan fingerprint density at radius 1 is 1.08 bits per heavy atom. The lowest BCUT2D eigenvalue weighted by molar-refractivity contribution is 0.105. The molecule has 1 aromatic carbocycles. The number of aliphatic imine (C=N–C) groups is 1. The summed E-state index contributed by atoms with van der Waals surface area (Å²) in [6.07, 6.45) is 2.54. The molecule has 0 saturated heterocycles. The highest BCUT2D eigenvalue weighted by atomic mass is 16.5. The summed E-state index contributed by atoms with van der Waals surface area (Å²) < 4.78 is 16.5. The molecule has 0 atom stereocenters. The largest absolute Gasteiger partial charge is 0.491 e. The standard InChI is InChI=1S/C19H27N3O3/c1-16-7-3-4-9-18(16)25-14-11-22-19(20-2)21-10-6-12-23-15-17-8-5-13-24-17/h3-5,7-9,13H,6,10-12,14-15H2,1-2H3,(H2,20,21,22). The maximum absolute atomic E-state index is 5.75. The van der Waals surface area contributed by atoms with Crippen molar-refractivity contribution >= 4 is 5.96 Å². The van der Waals surface area contributed by atoms with Crippen LogP contribution in [0.4, 0.5) is 0 Å². The predicted molar refractivity (Wildman–Crippen MR) is 99.0 cm³/mol. The van der Waals surface area contributed by atoms with Gasteiger partial charge in [0, 0.05) is 20.2 Å². The number of hydrogen-bond donors (Lipinski definition) is 2. The first-order valence-corrected chi connectivity index (χ1v) is 8.52. The number of ether oxygens (including phenoxy) is 2. The Bertz CT molecular complexity index is 627. The van der Waals surface area contributed by atoms with Gasteiger partial charge in [-0.15, -0.1) is 0 Å². The average Bonchev–Trinajstić information content (AvgIpc) is 3.14. The second-order valence-electron chi connectivity index (χ2n) is 5.53. The van der Waals surface area contributed by atoms with Gasteiger partial charge in [0.25, 0.3) is 0 Å². The summed E-state index contributed by atoms with van der Waals surface area (Å²) in [6, 6.07) is 11.8. The summed E-state index contributed by atoms with van der Waals surface area (Å²) in [7, 11) is 1.75. The zero-order valence-electron chi connectivity index (χ0n) is 15.0. The van der Waals surface area contributed by atoms with E-state index in [1.54, 1.807) is 13.3 Å². The Balaban J connectivity index is 1.51. The second-order valence-corrected chi connectivity index (χ2v) is 5.53. The van der Waals surface area contributed by atoms with Crippen molar-refractivity contribution in [3.05, 3.63) is 54.0 Å². The van der Waals surface area contributed by atoms with Crippen LogP contribution in [0.5, 0.6) is 5.75 Å². The molecule has 6 heteroatoms. The summed E-state index contributed by atoms with van der Waals surface area (Å²) in [4.78, 5) is 4.19. The Hall–Kier alpha value is -2.47. The van der Waals surface area contributed by atoms with Crippen molar-refractivity contribution in [3.63, 3.8) is 0 Å². The number of guanidine groups is 1. The van der Waals surface area contributed by atoms with Crippen molar-refractivity contribution in [1.29, 1.82) is 0 Å².